The molecule has 0 saturated heterocycles. The summed E-state index contributed by atoms with van der Waals surface area (Å²) in [5.74, 6) is -1.59. The quantitative estimate of drug-likeness (QED) is 0.585. The van der Waals surface area contributed by atoms with E-state index in [0.717, 1.165) is 5.56 Å². The van der Waals surface area contributed by atoms with Crippen molar-refractivity contribution in [3.05, 3.63) is 35.4 Å². The maximum absolute atomic E-state index is 11.5. The SMILES string of the molecule is C/C(=N\NC(=O)c1ccc(C)cc1)C(=O)O.O. The number of hydrogen-bond donors (Lipinski definition) is 2. The van der Waals surface area contributed by atoms with Crippen molar-refractivity contribution in [2.45, 2.75) is 13.8 Å². The molecule has 1 aromatic carbocycles. The van der Waals surface area contributed by atoms with Crippen LogP contribution in [0, 0.1) is 6.92 Å². The average Bonchev–Trinajstić information content (AvgIpc) is 2.26. The number of rotatable bonds is 3. The summed E-state index contributed by atoms with van der Waals surface area (Å²) in [5.41, 5.74) is 3.48. The molecule has 0 saturated carbocycles. The lowest BCUT2D eigenvalue weighted by atomic mass is 10.1. The van der Waals surface area contributed by atoms with E-state index in [1.54, 1.807) is 24.3 Å². The summed E-state index contributed by atoms with van der Waals surface area (Å²) in [7, 11) is 0. The van der Waals surface area contributed by atoms with Crippen LogP contribution < -0.4 is 5.43 Å². The molecule has 6 heteroatoms. The van der Waals surface area contributed by atoms with Crippen molar-refractivity contribution in [3.8, 4) is 0 Å². The Bertz CT molecular complexity index is 437. The predicted octanol–water partition coefficient (Wildman–Crippen LogP) is 0.361. The largest absolute Gasteiger partial charge is 0.477 e. The van der Waals surface area contributed by atoms with Crippen LogP contribution in [0.2, 0.25) is 0 Å². The van der Waals surface area contributed by atoms with Crippen LogP contribution in [0.4, 0.5) is 0 Å². The lowest BCUT2D eigenvalue weighted by Gasteiger charge is -2.00. The number of nitrogens with zero attached hydrogens (tertiary/aromatic N) is 1. The molecule has 0 aromatic heterocycles. The second kappa shape index (κ2) is 6.39. The zero-order valence-corrected chi connectivity index (χ0v) is 9.52. The first-order valence-electron chi connectivity index (χ1n) is 4.65. The van der Waals surface area contributed by atoms with E-state index in [2.05, 4.69) is 10.5 Å². The first-order valence-corrected chi connectivity index (χ1v) is 4.65. The third-order valence-corrected chi connectivity index (χ3v) is 1.95. The minimum atomic E-state index is -1.16. The molecule has 0 radical (unpaired) electrons. The van der Waals surface area contributed by atoms with Gasteiger partial charge in [-0.25, -0.2) is 10.2 Å². The number of carboxylic acid groups (broad SMARTS) is 1. The Morgan fingerprint density at radius 2 is 1.76 bits per heavy atom. The molecule has 4 N–H and O–H groups in total. The van der Waals surface area contributed by atoms with Crippen molar-refractivity contribution in [1.82, 2.24) is 5.43 Å². The molecule has 6 nitrogen and oxygen atoms in total. The summed E-state index contributed by atoms with van der Waals surface area (Å²) < 4.78 is 0. The third-order valence-electron chi connectivity index (χ3n) is 1.95. The van der Waals surface area contributed by atoms with Crippen molar-refractivity contribution in [2.24, 2.45) is 5.10 Å². The van der Waals surface area contributed by atoms with Crippen LogP contribution in [0.15, 0.2) is 29.4 Å². The maximum Gasteiger partial charge on any atom is 0.351 e. The van der Waals surface area contributed by atoms with E-state index in [9.17, 15) is 9.59 Å². The van der Waals surface area contributed by atoms with Crippen LogP contribution in [0.3, 0.4) is 0 Å². The molecule has 0 aliphatic heterocycles. The second-order valence-corrected chi connectivity index (χ2v) is 3.31. The van der Waals surface area contributed by atoms with E-state index >= 15 is 0 Å². The topological polar surface area (TPSA) is 110 Å². The number of aryl methyl sites for hydroxylation is 1. The fourth-order valence-electron chi connectivity index (χ4n) is 0.952. The normalized spacial score (nSPS) is 10.4. The van der Waals surface area contributed by atoms with E-state index < -0.39 is 11.9 Å². The molecule has 0 atom stereocenters. The number of hydrogen-bond acceptors (Lipinski definition) is 3. The monoisotopic (exact) mass is 238 g/mol. The molecule has 0 bridgehead atoms. The summed E-state index contributed by atoms with van der Waals surface area (Å²) >= 11 is 0. The summed E-state index contributed by atoms with van der Waals surface area (Å²) in [4.78, 5) is 21.9. The number of aliphatic carboxylic acids is 1. The fourth-order valence-corrected chi connectivity index (χ4v) is 0.952. The zero-order chi connectivity index (χ0) is 12.1. The van der Waals surface area contributed by atoms with Crippen LogP contribution >= 0.6 is 0 Å². The van der Waals surface area contributed by atoms with Crippen LogP contribution in [0.5, 0.6) is 0 Å². The Labute approximate surface area is 98.3 Å². The van der Waals surface area contributed by atoms with Gasteiger partial charge in [-0.1, -0.05) is 17.7 Å². The van der Waals surface area contributed by atoms with E-state index in [1.165, 1.54) is 6.92 Å². The van der Waals surface area contributed by atoms with Crippen LogP contribution in [-0.2, 0) is 4.79 Å². The van der Waals surface area contributed by atoms with Gasteiger partial charge in [-0.15, -0.1) is 0 Å². The molecule has 0 aliphatic carbocycles. The first-order chi connectivity index (χ1) is 7.50. The molecule has 92 valence electrons. The van der Waals surface area contributed by atoms with Crippen LogP contribution in [0.1, 0.15) is 22.8 Å². The van der Waals surface area contributed by atoms with Gasteiger partial charge in [-0.3, -0.25) is 4.79 Å². The number of carboxylic acids is 1. The van der Waals surface area contributed by atoms with Crippen molar-refractivity contribution < 1.29 is 20.2 Å². The Morgan fingerprint density at radius 1 is 1.24 bits per heavy atom. The summed E-state index contributed by atoms with van der Waals surface area (Å²) in [6, 6.07) is 6.89. The van der Waals surface area contributed by atoms with Gasteiger partial charge < -0.3 is 10.6 Å². The maximum atomic E-state index is 11.5. The highest BCUT2D eigenvalue weighted by Gasteiger charge is 2.05. The number of benzene rings is 1. The number of carbonyl (C=O) groups excluding carboxylic acids is 1. The summed E-state index contributed by atoms with van der Waals surface area (Å²) in [6.45, 7) is 3.21. The van der Waals surface area contributed by atoms with Crippen molar-refractivity contribution in [3.63, 3.8) is 0 Å². The number of hydrazone groups is 1. The van der Waals surface area contributed by atoms with Crippen LogP contribution in [0.25, 0.3) is 0 Å². The van der Waals surface area contributed by atoms with Gasteiger partial charge in [0.05, 0.1) is 0 Å². The predicted molar refractivity (Wildman–Crippen MR) is 63.0 cm³/mol. The smallest absolute Gasteiger partial charge is 0.351 e. The van der Waals surface area contributed by atoms with Gasteiger partial charge in [0.25, 0.3) is 5.91 Å². The highest BCUT2D eigenvalue weighted by atomic mass is 16.4. The van der Waals surface area contributed by atoms with Gasteiger partial charge in [0.2, 0.25) is 0 Å². The van der Waals surface area contributed by atoms with E-state index in [-0.39, 0.29) is 11.2 Å². The number of amides is 1. The van der Waals surface area contributed by atoms with Crippen molar-refractivity contribution >= 4 is 17.6 Å². The highest BCUT2D eigenvalue weighted by Crippen LogP contribution is 2.02. The molecule has 0 aliphatic rings. The third kappa shape index (κ3) is 4.43. The van der Waals surface area contributed by atoms with E-state index in [1.807, 2.05) is 6.92 Å². The van der Waals surface area contributed by atoms with Crippen molar-refractivity contribution in [2.75, 3.05) is 0 Å². The highest BCUT2D eigenvalue weighted by molar-refractivity contribution is 6.34. The molecular weight excluding hydrogens is 224 g/mol. The number of carbonyl (C=O) groups is 2. The van der Waals surface area contributed by atoms with Crippen molar-refractivity contribution in [1.29, 1.82) is 0 Å². The molecular formula is C11H14N2O4. The average molecular weight is 238 g/mol. The van der Waals surface area contributed by atoms with Gasteiger partial charge in [0.1, 0.15) is 5.71 Å². The standard InChI is InChI=1S/C11H12N2O3.H2O/c1-7-3-5-9(6-4-7)10(14)13-12-8(2)11(15)16;/h3-6H,1-2H3,(H,13,14)(H,15,16);1H2/b12-8+;. The fraction of sp³-hybridized carbons (Fsp3) is 0.182. The molecule has 1 amide bonds. The first kappa shape index (κ1) is 14.8. The summed E-state index contributed by atoms with van der Waals surface area (Å²) in [5, 5.41) is 12.0. The Hall–Kier alpha value is -2.21. The molecule has 0 fully saturated rings. The second-order valence-electron chi connectivity index (χ2n) is 3.31. The Kier molecular flexibility index (Phi) is 5.56. The molecule has 0 heterocycles. The summed E-state index contributed by atoms with van der Waals surface area (Å²) in [6.07, 6.45) is 0. The van der Waals surface area contributed by atoms with Gasteiger partial charge in [0, 0.05) is 5.56 Å². The molecule has 0 spiro atoms. The lowest BCUT2D eigenvalue weighted by molar-refractivity contribution is -0.129. The minimum absolute atomic E-state index is 0. The zero-order valence-electron chi connectivity index (χ0n) is 9.52. The van der Waals surface area contributed by atoms with E-state index in [4.69, 9.17) is 5.11 Å². The molecule has 17 heavy (non-hydrogen) atoms. The van der Waals surface area contributed by atoms with Gasteiger partial charge in [0.15, 0.2) is 0 Å². The van der Waals surface area contributed by atoms with Crippen LogP contribution in [-0.4, -0.2) is 28.2 Å². The number of nitrogens with one attached hydrogen (secondary N) is 1. The Morgan fingerprint density at radius 3 is 2.24 bits per heavy atom. The molecule has 1 rings (SSSR count). The van der Waals surface area contributed by atoms with Gasteiger partial charge in [-0.05, 0) is 26.0 Å². The Balaban J connectivity index is 0.00000256. The van der Waals surface area contributed by atoms with Gasteiger partial charge in [-0.2, -0.15) is 5.10 Å². The molecule has 1 aromatic rings. The van der Waals surface area contributed by atoms with E-state index in [0.29, 0.717) is 5.56 Å². The van der Waals surface area contributed by atoms with Gasteiger partial charge >= 0.3 is 5.97 Å². The molecule has 0 unspecified atom stereocenters. The lowest BCUT2D eigenvalue weighted by Crippen LogP contribution is -2.21. The minimum Gasteiger partial charge on any atom is -0.477 e.